The van der Waals surface area contributed by atoms with Crippen molar-refractivity contribution in [2.75, 3.05) is 0 Å². The summed E-state index contributed by atoms with van der Waals surface area (Å²) in [6, 6.07) is 5.62. The maximum atomic E-state index is 5.93. The summed E-state index contributed by atoms with van der Waals surface area (Å²) in [6.07, 6.45) is 1.86. The molecule has 3 aromatic heterocycles. The first-order chi connectivity index (χ1) is 9.06. The van der Waals surface area contributed by atoms with Gasteiger partial charge in [0.15, 0.2) is 0 Å². The highest BCUT2D eigenvalue weighted by molar-refractivity contribution is 6.29. The van der Waals surface area contributed by atoms with Gasteiger partial charge in [-0.2, -0.15) is 5.10 Å². The third-order valence-corrected chi connectivity index (χ3v) is 3.51. The summed E-state index contributed by atoms with van der Waals surface area (Å²) in [5, 5.41) is 4.90. The van der Waals surface area contributed by atoms with E-state index in [1.807, 2.05) is 43.9 Å². The minimum atomic E-state index is 0.478. The van der Waals surface area contributed by atoms with E-state index in [-0.39, 0.29) is 0 Å². The molecule has 0 aliphatic rings. The van der Waals surface area contributed by atoms with E-state index in [4.69, 9.17) is 11.6 Å². The Morgan fingerprint density at radius 1 is 1.16 bits per heavy atom. The Kier molecular flexibility index (Phi) is 2.75. The van der Waals surface area contributed by atoms with Crippen LogP contribution in [0.2, 0.25) is 5.15 Å². The lowest BCUT2D eigenvalue weighted by atomic mass is 10.1. The first-order valence-electron chi connectivity index (χ1n) is 5.99. The van der Waals surface area contributed by atoms with Gasteiger partial charge in [0.2, 0.25) is 0 Å². The smallest absolute Gasteiger partial charge is 0.129 e. The second-order valence-electron chi connectivity index (χ2n) is 4.57. The molecule has 3 heterocycles. The van der Waals surface area contributed by atoms with Crippen LogP contribution in [0.3, 0.4) is 0 Å². The van der Waals surface area contributed by atoms with E-state index in [9.17, 15) is 0 Å². The van der Waals surface area contributed by atoms with Crippen LogP contribution in [0.25, 0.3) is 22.2 Å². The van der Waals surface area contributed by atoms with Crippen LogP contribution in [0.1, 0.15) is 11.4 Å². The maximum absolute atomic E-state index is 5.93. The molecule has 96 valence electrons. The van der Waals surface area contributed by atoms with Gasteiger partial charge in [0.05, 0.1) is 16.7 Å². The van der Waals surface area contributed by atoms with Gasteiger partial charge in [-0.25, -0.2) is 4.98 Å². The van der Waals surface area contributed by atoms with Crippen molar-refractivity contribution in [1.82, 2.24) is 19.7 Å². The van der Waals surface area contributed by atoms with Crippen molar-refractivity contribution in [3.8, 4) is 11.1 Å². The van der Waals surface area contributed by atoms with E-state index in [1.165, 1.54) is 0 Å². The third kappa shape index (κ3) is 1.98. The number of aryl methyl sites for hydroxylation is 2. The maximum Gasteiger partial charge on any atom is 0.129 e. The zero-order valence-corrected chi connectivity index (χ0v) is 11.7. The van der Waals surface area contributed by atoms with Gasteiger partial charge in [0, 0.05) is 30.1 Å². The summed E-state index contributed by atoms with van der Waals surface area (Å²) in [5.74, 6) is 0. The number of nitrogens with zero attached hydrogens (tertiary/aromatic N) is 4. The van der Waals surface area contributed by atoms with E-state index in [2.05, 4.69) is 15.1 Å². The van der Waals surface area contributed by atoms with Crippen molar-refractivity contribution in [1.29, 1.82) is 0 Å². The Bertz CT molecular complexity index is 776. The minimum absolute atomic E-state index is 0.478. The molecule has 0 aromatic carbocycles. The molecule has 5 heteroatoms. The number of pyridine rings is 2. The molecule has 0 aliphatic carbocycles. The fourth-order valence-electron chi connectivity index (χ4n) is 2.31. The molecule has 0 saturated heterocycles. The predicted molar refractivity (Wildman–Crippen MR) is 76.2 cm³/mol. The summed E-state index contributed by atoms with van der Waals surface area (Å²) in [6.45, 7) is 4.04. The monoisotopic (exact) mass is 272 g/mol. The molecule has 0 fully saturated rings. The van der Waals surface area contributed by atoms with Crippen LogP contribution >= 0.6 is 11.6 Å². The standard InChI is InChI=1S/C14H13ClN4/c1-8-14(9(2)19(3)18-8)10-6-12-11(16-7-10)4-5-13(15)17-12/h4-7H,1-3H3. The Morgan fingerprint density at radius 2 is 1.95 bits per heavy atom. The van der Waals surface area contributed by atoms with Crippen molar-refractivity contribution >= 4 is 22.6 Å². The van der Waals surface area contributed by atoms with Gasteiger partial charge in [0.1, 0.15) is 5.15 Å². The fraction of sp³-hybridized carbons (Fsp3) is 0.214. The zero-order chi connectivity index (χ0) is 13.6. The highest BCUT2D eigenvalue weighted by atomic mass is 35.5. The average Bonchev–Trinajstić information content (AvgIpc) is 2.62. The molecule has 0 N–H and O–H groups in total. The largest absolute Gasteiger partial charge is 0.272 e. The van der Waals surface area contributed by atoms with Crippen LogP contribution in [0.4, 0.5) is 0 Å². The van der Waals surface area contributed by atoms with Gasteiger partial charge < -0.3 is 0 Å². The van der Waals surface area contributed by atoms with Crippen molar-refractivity contribution in [3.63, 3.8) is 0 Å². The molecule has 0 unspecified atom stereocenters. The molecule has 0 amide bonds. The predicted octanol–water partition coefficient (Wildman–Crippen LogP) is 3.30. The quantitative estimate of drug-likeness (QED) is 0.639. The van der Waals surface area contributed by atoms with Gasteiger partial charge in [-0.05, 0) is 32.0 Å². The van der Waals surface area contributed by atoms with Crippen LogP contribution in [-0.2, 0) is 7.05 Å². The Morgan fingerprint density at radius 3 is 2.63 bits per heavy atom. The number of halogens is 1. The highest BCUT2D eigenvalue weighted by Gasteiger charge is 2.12. The molecule has 0 atom stereocenters. The SMILES string of the molecule is Cc1nn(C)c(C)c1-c1cnc2ccc(Cl)nc2c1. The zero-order valence-electron chi connectivity index (χ0n) is 11.0. The van der Waals surface area contributed by atoms with Crippen LogP contribution in [0.5, 0.6) is 0 Å². The van der Waals surface area contributed by atoms with Gasteiger partial charge >= 0.3 is 0 Å². The normalized spacial score (nSPS) is 11.2. The van der Waals surface area contributed by atoms with Gasteiger partial charge in [-0.1, -0.05) is 11.6 Å². The topological polar surface area (TPSA) is 43.6 Å². The molecule has 19 heavy (non-hydrogen) atoms. The van der Waals surface area contributed by atoms with Crippen molar-refractivity contribution in [2.24, 2.45) is 7.05 Å². The molecular formula is C14H13ClN4. The van der Waals surface area contributed by atoms with E-state index >= 15 is 0 Å². The first kappa shape index (κ1) is 12.1. The van der Waals surface area contributed by atoms with E-state index in [0.717, 1.165) is 33.5 Å². The number of hydrogen-bond donors (Lipinski definition) is 0. The van der Waals surface area contributed by atoms with Crippen molar-refractivity contribution in [3.05, 3.63) is 40.9 Å². The average molecular weight is 273 g/mol. The molecule has 3 aromatic rings. The lowest BCUT2D eigenvalue weighted by Crippen LogP contribution is -1.93. The third-order valence-electron chi connectivity index (χ3n) is 3.30. The molecule has 0 saturated carbocycles. The number of hydrogen-bond acceptors (Lipinski definition) is 3. The number of rotatable bonds is 1. The van der Waals surface area contributed by atoms with Crippen LogP contribution in [0.15, 0.2) is 24.4 Å². The number of fused-ring (bicyclic) bond motifs is 1. The first-order valence-corrected chi connectivity index (χ1v) is 6.37. The Hall–Kier alpha value is -1.94. The molecule has 0 bridgehead atoms. The van der Waals surface area contributed by atoms with E-state index in [1.54, 1.807) is 6.07 Å². The van der Waals surface area contributed by atoms with Gasteiger partial charge in [0.25, 0.3) is 0 Å². The molecule has 0 spiro atoms. The van der Waals surface area contributed by atoms with Crippen LogP contribution in [-0.4, -0.2) is 19.7 Å². The summed E-state index contributed by atoms with van der Waals surface area (Å²) >= 11 is 5.93. The summed E-state index contributed by atoms with van der Waals surface area (Å²) in [4.78, 5) is 8.74. The van der Waals surface area contributed by atoms with E-state index < -0.39 is 0 Å². The van der Waals surface area contributed by atoms with Crippen LogP contribution < -0.4 is 0 Å². The molecule has 4 nitrogen and oxygen atoms in total. The van der Waals surface area contributed by atoms with Gasteiger partial charge in [-0.15, -0.1) is 0 Å². The second kappa shape index (κ2) is 4.31. The van der Waals surface area contributed by atoms with Crippen molar-refractivity contribution < 1.29 is 0 Å². The fourth-order valence-corrected chi connectivity index (χ4v) is 2.46. The molecule has 0 aliphatic heterocycles. The van der Waals surface area contributed by atoms with E-state index in [0.29, 0.717) is 5.15 Å². The molecular weight excluding hydrogens is 260 g/mol. The molecule has 3 rings (SSSR count). The summed E-state index contributed by atoms with van der Waals surface area (Å²) < 4.78 is 1.88. The summed E-state index contributed by atoms with van der Waals surface area (Å²) in [5.41, 5.74) is 5.87. The number of aromatic nitrogens is 4. The van der Waals surface area contributed by atoms with Crippen LogP contribution in [0, 0.1) is 13.8 Å². The van der Waals surface area contributed by atoms with Gasteiger partial charge in [-0.3, -0.25) is 9.67 Å². The lowest BCUT2D eigenvalue weighted by molar-refractivity contribution is 0.731. The lowest BCUT2D eigenvalue weighted by Gasteiger charge is -2.04. The molecule has 0 radical (unpaired) electrons. The minimum Gasteiger partial charge on any atom is -0.272 e. The summed E-state index contributed by atoms with van der Waals surface area (Å²) in [7, 11) is 1.94. The van der Waals surface area contributed by atoms with Crippen molar-refractivity contribution in [2.45, 2.75) is 13.8 Å². The highest BCUT2D eigenvalue weighted by Crippen LogP contribution is 2.28. The second-order valence-corrected chi connectivity index (χ2v) is 4.95. The Balaban J connectivity index is 2.25. The Labute approximate surface area is 116 Å².